The number of nitrogens with one attached hydrogen (secondary N) is 2. The molecule has 0 aliphatic carbocycles. The molecule has 0 aromatic heterocycles. The van der Waals surface area contributed by atoms with E-state index in [1.807, 2.05) is 0 Å². The van der Waals surface area contributed by atoms with E-state index in [4.69, 9.17) is 5.73 Å². The Kier molecular flexibility index (Phi) is 4.08. The maximum atomic E-state index is 11.6. The van der Waals surface area contributed by atoms with Crippen LogP contribution in [0.25, 0.3) is 0 Å². The lowest BCUT2D eigenvalue weighted by atomic mass is 10.2. The van der Waals surface area contributed by atoms with Gasteiger partial charge in [-0.25, -0.2) is 4.79 Å². The van der Waals surface area contributed by atoms with E-state index in [1.54, 1.807) is 37.3 Å². The number of rotatable bonds is 2. The number of allylic oxidation sites excluding steroid dienone is 1. The van der Waals surface area contributed by atoms with E-state index in [9.17, 15) is 9.59 Å². The molecule has 0 spiro atoms. The Bertz CT molecular complexity index is 427. The van der Waals surface area contributed by atoms with E-state index in [1.165, 1.54) is 6.20 Å². The van der Waals surface area contributed by atoms with Gasteiger partial charge in [0.25, 0.3) is 5.91 Å². The maximum Gasteiger partial charge on any atom is 0.325 e. The number of benzene rings is 1. The Balaban J connectivity index is 2.66. The molecule has 0 unspecified atom stereocenters. The Labute approximate surface area is 93.3 Å². The molecule has 1 aromatic carbocycles. The fourth-order valence-corrected chi connectivity index (χ4v) is 1.07. The monoisotopic (exact) mass is 219 g/mol. The highest BCUT2D eigenvalue weighted by atomic mass is 16.2. The zero-order valence-electron chi connectivity index (χ0n) is 8.86. The number of anilines is 1. The Morgan fingerprint density at radius 2 is 2.00 bits per heavy atom. The third-order valence-corrected chi connectivity index (χ3v) is 1.81. The van der Waals surface area contributed by atoms with Crippen LogP contribution in [-0.4, -0.2) is 11.9 Å². The molecule has 84 valence electrons. The molecule has 16 heavy (non-hydrogen) atoms. The zero-order valence-corrected chi connectivity index (χ0v) is 8.86. The summed E-state index contributed by atoms with van der Waals surface area (Å²) < 4.78 is 0. The molecule has 0 saturated heterocycles. The van der Waals surface area contributed by atoms with Crippen molar-refractivity contribution in [2.75, 3.05) is 5.73 Å². The summed E-state index contributed by atoms with van der Waals surface area (Å²) in [4.78, 5) is 22.7. The third-order valence-electron chi connectivity index (χ3n) is 1.81. The van der Waals surface area contributed by atoms with Gasteiger partial charge in [-0.05, 0) is 19.1 Å². The predicted octanol–water partition coefficient (Wildman–Crippen LogP) is 1.24. The van der Waals surface area contributed by atoms with E-state index in [2.05, 4.69) is 10.6 Å². The SMILES string of the molecule is C/C=C/NC(=O)NC(=O)c1ccccc1N. The number of urea groups is 1. The predicted molar refractivity (Wildman–Crippen MR) is 61.7 cm³/mol. The van der Waals surface area contributed by atoms with Gasteiger partial charge in [0.05, 0.1) is 5.56 Å². The first-order chi connectivity index (χ1) is 7.65. The summed E-state index contributed by atoms with van der Waals surface area (Å²) >= 11 is 0. The van der Waals surface area contributed by atoms with E-state index in [0.717, 1.165) is 0 Å². The van der Waals surface area contributed by atoms with Crippen LogP contribution >= 0.6 is 0 Å². The number of carbonyl (C=O) groups is 2. The smallest absolute Gasteiger partial charge is 0.325 e. The largest absolute Gasteiger partial charge is 0.398 e. The summed E-state index contributed by atoms with van der Waals surface area (Å²) in [6, 6.07) is 5.94. The number of imide groups is 1. The number of nitrogens with two attached hydrogens (primary N) is 1. The average Bonchev–Trinajstić information content (AvgIpc) is 2.26. The van der Waals surface area contributed by atoms with Crippen LogP contribution in [0.4, 0.5) is 10.5 Å². The molecule has 0 aliphatic rings. The van der Waals surface area contributed by atoms with E-state index >= 15 is 0 Å². The summed E-state index contributed by atoms with van der Waals surface area (Å²) in [7, 11) is 0. The number of nitrogen functional groups attached to an aromatic ring is 1. The second kappa shape index (κ2) is 5.55. The molecule has 0 aliphatic heterocycles. The van der Waals surface area contributed by atoms with Gasteiger partial charge in [-0.3, -0.25) is 10.1 Å². The number of hydrogen-bond donors (Lipinski definition) is 3. The first-order valence-corrected chi connectivity index (χ1v) is 4.72. The minimum Gasteiger partial charge on any atom is -0.398 e. The minimum atomic E-state index is -0.591. The van der Waals surface area contributed by atoms with Crippen LogP contribution < -0.4 is 16.4 Å². The second-order valence-corrected chi connectivity index (χ2v) is 3.01. The van der Waals surface area contributed by atoms with Crippen molar-refractivity contribution < 1.29 is 9.59 Å². The van der Waals surface area contributed by atoms with Gasteiger partial charge in [0.2, 0.25) is 0 Å². The summed E-state index contributed by atoms with van der Waals surface area (Å²) in [6.07, 6.45) is 3.07. The molecule has 0 fully saturated rings. The van der Waals surface area contributed by atoms with Gasteiger partial charge in [0.1, 0.15) is 0 Å². The lowest BCUT2D eigenvalue weighted by molar-refractivity contribution is 0.0965. The quantitative estimate of drug-likeness (QED) is 0.654. The van der Waals surface area contributed by atoms with Crippen LogP contribution in [0.1, 0.15) is 17.3 Å². The normalized spacial score (nSPS) is 10.1. The van der Waals surface area contributed by atoms with Crippen molar-refractivity contribution in [3.8, 4) is 0 Å². The molecule has 0 bridgehead atoms. The van der Waals surface area contributed by atoms with E-state index in [0.29, 0.717) is 5.69 Å². The Morgan fingerprint density at radius 3 is 2.62 bits per heavy atom. The van der Waals surface area contributed by atoms with Crippen molar-refractivity contribution in [2.45, 2.75) is 6.92 Å². The van der Waals surface area contributed by atoms with Gasteiger partial charge in [-0.1, -0.05) is 18.2 Å². The summed E-state index contributed by atoms with van der Waals surface area (Å²) in [5.41, 5.74) is 6.20. The average molecular weight is 219 g/mol. The fraction of sp³-hybridized carbons (Fsp3) is 0.0909. The molecule has 1 rings (SSSR count). The van der Waals surface area contributed by atoms with Gasteiger partial charge >= 0.3 is 6.03 Å². The van der Waals surface area contributed by atoms with Crippen LogP contribution in [0, 0.1) is 0 Å². The van der Waals surface area contributed by atoms with Crippen LogP contribution in [0.5, 0.6) is 0 Å². The van der Waals surface area contributed by atoms with Gasteiger partial charge in [-0.2, -0.15) is 0 Å². The molecule has 1 aromatic rings. The number of hydrogen-bond acceptors (Lipinski definition) is 3. The molecule has 0 heterocycles. The lowest BCUT2D eigenvalue weighted by Gasteiger charge is -2.05. The highest BCUT2D eigenvalue weighted by Gasteiger charge is 2.11. The Hall–Kier alpha value is -2.30. The second-order valence-electron chi connectivity index (χ2n) is 3.01. The van der Waals surface area contributed by atoms with Gasteiger partial charge in [-0.15, -0.1) is 0 Å². The van der Waals surface area contributed by atoms with Crippen molar-refractivity contribution in [1.82, 2.24) is 10.6 Å². The van der Waals surface area contributed by atoms with E-state index < -0.39 is 11.9 Å². The summed E-state index contributed by atoms with van der Waals surface area (Å²) in [6.45, 7) is 1.75. The Morgan fingerprint density at radius 1 is 1.31 bits per heavy atom. The van der Waals surface area contributed by atoms with Crippen molar-refractivity contribution in [2.24, 2.45) is 0 Å². The topological polar surface area (TPSA) is 84.2 Å². The van der Waals surface area contributed by atoms with Crippen LogP contribution in [0.2, 0.25) is 0 Å². The fourth-order valence-electron chi connectivity index (χ4n) is 1.07. The van der Waals surface area contributed by atoms with Gasteiger partial charge < -0.3 is 11.1 Å². The molecular weight excluding hydrogens is 206 g/mol. The van der Waals surface area contributed by atoms with Gasteiger partial charge in [0, 0.05) is 11.9 Å². The molecule has 3 amide bonds. The highest BCUT2D eigenvalue weighted by molar-refractivity contribution is 6.07. The summed E-state index contributed by atoms with van der Waals surface area (Å²) in [5, 5.41) is 4.51. The first-order valence-electron chi connectivity index (χ1n) is 4.72. The number of amides is 3. The molecule has 0 saturated carbocycles. The lowest BCUT2D eigenvalue weighted by Crippen LogP contribution is -2.37. The van der Waals surface area contributed by atoms with Gasteiger partial charge in [0.15, 0.2) is 0 Å². The highest BCUT2D eigenvalue weighted by Crippen LogP contribution is 2.09. The zero-order chi connectivity index (χ0) is 12.0. The molecule has 4 N–H and O–H groups in total. The molecule has 0 radical (unpaired) electrons. The number of para-hydroxylation sites is 1. The minimum absolute atomic E-state index is 0.276. The molecule has 0 atom stereocenters. The van der Waals surface area contributed by atoms with Crippen LogP contribution in [0.3, 0.4) is 0 Å². The molecule has 5 heteroatoms. The van der Waals surface area contributed by atoms with Crippen LogP contribution in [0.15, 0.2) is 36.5 Å². The van der Waals surface area contributed by atoms with Crippen molar-refractivity contribution in [3.05, 3.63) is 42.1 Å². The first kappa shape index (κ1) is 11.8. The maximum absolute atomic E-state index is 11.6. The van der Waals surface area contributed by atoms with Crippen molar-refractivity contribution in [1.29, 1.82) is 0 Å². The van der Waals surface area contributed by atoms with E-state index in [-0.39, 0.29) is 5.56 Å². The number of carbonyl (C=O) groups excluding carboxylic acids is 2. The molecule has 5 nitrogen and oxygen atoms in total. The summed E-state index contributed by atoms with van der Waals surface area (Å²) in [5.74, 6) is -0.528. The van der Waals surface area contributed by atoms with Crippen LogP contribution in [-0.2, 0) is 0 Å². The van der Waals surface area contributed by atoms with Crippen molar-refractivity contribution >= 4 is 17.6 Å². The van der Waals surface area contributed by atoms with Crippen molar-refractivity contribution in [3.63, 3.8) is 0 Å². The third kappa shape index (κ3) is 3.13. The molecular formula is C11H13N3O2. The standard InChI is InChI=1S/C11H13N3O2/c1-2-7-13-11(16)14-10(15)8-5-3-4-6-9(8)12/h2-7H,12H2,1H3,(H2,13,14,15,16)/b7-2+.